The molecule has 0 amide bonds. The van der Waals surface area contributed by atoms with Gasteiger partial charge in [-0.25, -0.2) is 4.79 Å². The Bertz CT molecular complexity index is 397. The molecular formula is C17H28ClNO3. The van der Waals surface area contributed by atoms with Gasteiger partial charge >= 0.3 is 6.16 Å². The third-order valence-corrected chi connectivity index (χ3v) is 6.79. The Balaban J connectivity index is 1.69. The van der Waals surface area contributed by atoms with Gasteiger partial charge in [-0.15, -0.1) is 11.6 Å². The maximum absolute atomic E-state index is 11.4. The molecule has 0 aromatic rings. The van der Waals surface area contributed by atoms with E-state index in [1.807, 2.05) is 0 Å². The van der Waals surface area contributed by atoms with Crippen LogP contribution in [-0.4, -0.2) is 49.3 Å². The number of ether oxygens (including phenoxy) is 2. The van der Waals surface area contributed by atoms with Crippen molar-refractivity contribution in [2.45, 2.75) is 62.4 Å². The highest BCUT2D eigenvalue weighted by molar-refractivity contribution is 6.20. The SMILES string of the molecule is COC(=O)OCC1C(C2CCC(Cl)CC2)CC2CCC1N2C. The van der Waals surface area contributed by atoms with Gasteiger partial charge in [0.25, 0.3) is 0 Å². The maximum Gasteiger partial charge on any atom is 0.507 e. The van der Waals surface area contributed by atoms with Crippen molar-refractivity contribution in [3.05, 3.63) is 0 Å². The highest BCUT2D eigenvalue weighted by Gasteiger charge is 2.48. The van der Waals surface area contributed by atoms with E-state index in [1.54, 1.807) is 0 Å². The Hall–Kier alpha value is -0.480. The molecule has 22 heavy (non-hydrogen) atoms. The van der Waals surface area contributed by atoms with Crippen molar-refractivity contribution in [2.24, 2.45) is 17.8 Å². The zero-order valence-electron chi connectivity index (χ0n) is 13.7. The molecule has 1 aliphatic carbocycles. The van der Waals surface area contributed by atoms with E-state index >= 15 is 0 Å². The van der Waals surface area contributed by atoms with E-state index in [9.17, 15) is 4.79 Å². The van der Waals surface area contributed by atoms with E-state index in [4.69, 9.17) is 16.3 Å². The Kier molecular flexibility index (Phi) is 5.18. The van der Waals surface area contributed by atoms with Crippen LogP contribution in [0.1, 0.15) is 44.9 Å². The number of piperidine rings is 1. The average molecular weight is 330 g/mol. The normalized spacial score (nSPS) is 42.1. The van der Waals surface area contributed by atoms with Crippen LogP contribution in [0.4, 0.5) is 4.79 Å². The lowest BCUT2D eigenvalue weighted by Gasteiger charge is -2.46. The van der Waals surface area contributed by atoms with E-state index in [1.165, 1.54) is 39.2 Å². The monoisotopic (exact) mass is 329 g/mol. The summed E-state index contributed by atoms with van der Waals surface area (Å²) in [5.41, 5.74) is 0. The van der Waals surface area contributed by atoms with Crippen LogP contribution >= 0.6 is 11.6 Å². The molecule has 1 saturated carbocycles. The summed E-state index contributed by atoms with van der Waals surface area (Å²) in [5.74, 6) is 1.86. The highest BCUT2D eigenvalue weighted by atomic mass is 35.5. The largest absolute Gasteiger partial charge is 0.507 e. The summed E-state index contributed by atoms with van der Waals surface area (Å²) in [5, 5.41) is 0.365. The van der Waals surface area contributed by atoms with Crippen molar-refractivity contribution < 1.29 is 14.3 Å². The fraction of sp³-hybridized carbons (Fsp3) is 0.941. The Morgan fingerprint density at radius 1 is 1.18 bits per heavy atom. The fourth-order valence-electron chi connectivity index (χ4n) is 5.12. The second-order valence-corrected chi connectivity index (χ2v) is 7.92. The van der Waals surface area contributed by atoms with Gasteiger partial charge in [-0.2, -0.15) is 0 Å². The molecule has 2 aliphatic heterocycles. The summed E-state index contributed by atoms with van der Waals surface area (Å²) < 4.78 is 10.0. The van der Waals surface area contributed by atoms with Gasteiger partial charge in [0, 0.05) is 23.4 Å². The first-order valence-electron chi connectivity index (χ1n) is 8.67. The van der Waals surface area contributed by atoms with Crippen molar-refractivity contribution in [3.63, 3.8) is 0 Å². The Morgan fingerprint density at radius 3 is 2.59 bits per heavy atom. The zero-order chi connectivity index (χ0) is 15.7. The first kappa shape index (κ1) is 16.4. The lowest BCUT2D eigenvalue weighted by molar-refractivity contribution is -0.0203. The molecule has 4 unspecified atom stereocenters. The van der Waals surface area contributed by atoms with Gasteiger partial charge in [0.2, 0.25) is 0 Å². The molecule has 5 heteroatoms. The Morgan fingerprint density at radius 2 is 1.91 bits per heavy atom. The molecule has 3 fully saturated rings. The van der Waals surface area contributed by atoms with Gasteiger partial charge < -0.3 is 14.4 Å². The van der Waals surface area contributed by atoms with Gasteiger partial charge in [0.05, 0.1) is 13.7 Å². The molecule has 0 spiro atoms. The Labute approximate surface area is 138 Å². The second-order valence-electron chi connectivity index (χ2n) is 7.30. The molecule has 4 nitrogen and oxygen atoms in total. The topological polar surface area (TPSA) is 38.8 Å². The minimum atomic E-state index is -0.550. The standard InChI is InChI=1S/C17H28ClNO3/c1-19-13-7-8-16(19)15(10-22-17(20)21-2)14(9-13)11-3-5-12(18)6-4-11/h11-16H,3-10H2,1-2H3. The third-order valence-electron chi connectivity index (χ3n) is 6.35. The van der Waals surface area contributed by atoms with Crippen molar-refractivity contribution in [3.8, 4) is 0 Å². The molecule has 0 N–H and O–H groups in total. The highest BCUT2D eigenvalue weighted by Crippen LogP contribution is 2.48. The quantitative estimate of drug-likeness (QED) is 0.585. The third kappa shape index (κ3) is 3.23. The average Bonchev–Trinajstić information content (AvgIpc) is 2.77. The van der Waals surface area contributed by atoms with E-state index in [0.29, 0.717) is 29.9 Å². The molecule has 3 aliphatic rings. The molecular weight excluding hydrogens is 302 g/mol. The maximum atomic E-state index is 11.4. The lowest BCUT2D eigenvalue weighted by Crippen LogP contribution is -2.50. The molecule has 126 valence electrons. The van der Waals surface area contributed by atoms with Crippen LogP contribution < -0.4 is 0 Å². The number of fused-ring (bicyclic) bond motifs is 2. The number of alkyl halides is 1. The lowest BCUT2D eigenvalue weighted by atomic mass is 9.68. The molecule has 2 heterocycles. The number of rotatable bonds is 3. The van der Waals surface area contributed by atoms with Crippen LogP contribution in [0.5, 0.6) is 0 Å². The zero-order valence-corrected chi connectivity index (χ0v) is 14.4. The molecule has 2 saturated heterocycles. The number of carbonyl (C=O) groups excluding carboxylic acids is 1. The van der Waals surface area contributed by atoms with Crippen LogP contribution in [0.15, 0.2) is 0 Å². The van der Waals surface area contributed by atoms with Crippen molar-refractivity contribution >= 4 is 17.8 Å². The summed E-state index contributed by atoms with van der Waals surface area (Å²) in [6.45, 7) is 0.500. The molecule has 2 bridgehead atoms. The number of methoxy groups -OCH3 is 1. The van der Waals surface area contributed by atoms with Crippen LogP contribution in [0.3, 0.4) is 0 Å². The van der Waals surface area contributed by atoms with Crippen molar-refractivity contribution in [1.29, 1.82) is 0 Å². The smallest absolute Gasteiger partial charge is 0.438 e. The van der Waals surface area contributed by atoms with Gasteiger partial charge in [0.15, 0.2) is 0 Å². The predicted octanol–water partition coefficient (Wildman–Crippen LogP) is 3.67. The van der Waals surface area contributed by atoms with Crippen molar-refractivity contribution in [1.82, 2.24) is 4.90 Å². The minimum Gasteiger partial charge on any atom is -0.438 e. The molecule has 0 aromatic heterocycles. The molecule has 4 atom stereocenters. The summed E-state index contributed by atoms with van der Waals surface area (Å²) in [6.07, 6.45) is 7.96. The van der Waals surface area contributed by atoms with E-state index in [2.05, 4.69) is 16.7 Å². The number of halogens is 1. The summed E-state index contributed by atoms with van der Waals surface area (Å²) in [4.78, 5) is 13.9. The van der Waals surface area contributed by atoms with Crippen LogP contribution in [0.25, 0.3) is 0 Å². The number of hydrogen-bond acceptors (Lipinski definition) is 4. The number of carbonyl (C=O) groups is 1. The van der Waals surface area contributed by atoms with E-state index in [0.717, 1.165) is 24.8 Å². The van der Waals surface area contributed by atoms with Gasteiger partial charge in [-0.1, -0.05) is 0 Å². The second kappa shape index (κ2) is 6.96. The van der Waals surface area contributed by atoms with E-state index < -0.39 is 6.16 Å². The van der Waals surface area contributed by atoms with Crippen LogP contribution in [0, 0.1) is 17.8 Å². The van der Waals surface area contributed by atoms with E-state index in [-0.39, 0.29) is 0 Å². The van der Waals surface area contributed by atoms with Gasteiger partial charge in [-0.05, 0) is 63.8 Å². The van der Waals surface area contributed by atoms with Crippen molar-refractivity contribution in [2.75, 3.05) is 20.8 Å². The minimum absolute atomic E-state index is 0.365. The molecule has 0 aromatic carbocycles. The first-order chi connectivity index (χ1) is 10.6. The summed E-state index contributed by atoms with van der Waals surface area (Å²) in [6, 6.07) is 1.28. The summed E-state index contributed by atoms with van der Waals surface area (Å²) >= 11 is 6.28. The number of nitrogens with zero attached hydrogens (tertiary/aromatic N) is 1. The van der Waals surface area contributed by atoms with Gasteiger partial charge in [0.1, 0.15) is 0 Å². The summed E-state index contributed by atoms with van der Waals surface area (Å²) in [7, 11) is 3.61. The number of hydrogen-bond donors (Lipinski definition) is 0. The fourth-order valence-corrected chi connectivity index (χ4v) is 5.37. The molecule has 3 rings (SSSR count). The predicted molar refractivity (Wildman–Crippen MR) is 86.1 cm³/mol. The first-order valence-corrected chi connectivity index (χ1v) is 9.10. The molecule has 0 radical (unpaired) electrons. The van der Waals surface area contributed by atoms with Crippen LogP contribution in [-0.2, 0) is 9.47 Å². The van der Waals surface area contributed by atoms with Crippen LogP contribution in [0.2, 0.25) is 0 Å². The van der Waals surface area contributed by atoms with Gasteiger partial charge in [-0.3, -0.25) is 0 Å².